The summed E-state index contributed by atoms with van der Waals surface area (Å²) >= 11 is 0. The van der Waals surface area contributed by atoms with Crippen molar-refractivity contribution < 1.29 is 27.8 Å². The van der Waals surface area contributed by atoms with Crippen molar-refractivity contribution >= 4 is 34.3 Å². The number of hydrogen-bond acceptors (Lipinski definition) is 9. The molecule has 0 bridgehead atoms. The third kappa shape index (κ3) is 10.1. The van der Waals surface area contributed by atoms with Gasteiger partial charge in [-0.1, -0.05) is 0 Å². The molecule has 298 valence electrons. The molecule has 2 aliphatic rings. The number of primary amides is 1. The van der Waals surface area contributed by atoms with Gasteiger partial charge in [-0.05, 0) is 132 Å². The van der Waals surface area contributed by atoms with Gasteiger partial charge in [-0.25, -0.2) is 18.7 Å². The molecule has 2 fully saturated rings. The molecule has 0 aliphatic carbocycles. The van der Waals surface area contributed by atoms with E-state index in [1.807, 2.05) is 34.9 Å². The molecule has 1 unspecified atom stereocenters. The molecule has 1 amide bonds. The predicted molar refractivity (Wildman–Crippen MR) is 217 cm³/mol. The fourth-order valence-corrected chi connectivity index (χ4v) is 7.09. The number of carbonyl (C=O) groups is 2. The Kier molecular flexibility index (Phi) is 13.8. The number of amides is 1. The number of aldehydes is 1. The molecular formula is C43H48F2N8O4. The number of nitrogens with zero attached hydrogens (tertiary/aromatic N) is 4. The molecule has 12 nitrogen and oxygen atoms in total. The molecule has 4 aromatic carbocycles. The number of hydrogen-bond donors (Lipinski definition) is 4. The van der Waals surface area contributed by atoms with Crippen molar-refractivity contribution in [3.8, 4) is 23.0 Å². The van der Waals surface area contributed by atoms with Gasteiger partial charge in [0, 0.05) is 24.2 Å². The summed E-state index contributed by atoms with van der Waals surface area (Å²) in [5.41, 5.74) is 8.88. The first-order valence-corrected chi connectivity index (χ1v) is 19.0. The van der Waals surface area contributed by atoms with Crippen LogP contribution in [0.5, 0.6) is 23.0 Å². The molecule has 1 atom stereocenters. The molecule has 0 saturated carbocycles. The Hall–Kier alpha value is -5.96. The van der Waals surface area contributed by atoms with Crippen molar-refractivity contribution in [1.29, 1.82) is 0 Å². The second-order valence-corrected chi connectivity index (χ2v) is 13.7. The van der Waals surface area contributed by atoms with E-state index in [1.54, 1.807) is 37.3 Å². The van der Waals surface area contributed by atoms with Crippen molar-refractivity contribution in [2.75, 3.05) is 26.2 Å². The minimum absolute atomic E-state index is 0.243. The van der Waals surface area contributed by atoms with Crippen LogP contribution in [-0.4, -0.2) is 63.5 Å². The summed E-state index contributed by atoms with van der Waals surface area (Å²) < 4.78 is 42.2. The smallest absolute Gasteiger partial charge is 0.234 e. The van der Waals surface area contributed by atoms with E-state index >= 15 is 0 Å². The minimum Gasteiger partial charge on any atom is -0.457 e. The lowest BCUT2D eigenvalue weighted by Crippen LogP contribution is -2.39. The van der Waals surface area contributed by atoms with Gasteiger partial charge in [0.15, 0.2) is 12.1 Å². The maximum Gasteiger partial charge on any atom is 0.234 e. The van der Waals surface area contributed by atoms with Crippen LogP contribution in [0.3, 0.4) is 0 Å². The average molecular weight is 779 g/mol. The zero-order valence-corrected chi connectivity index (χ0v) is 31.9. The van der Waals surface area contributed by atoms with E-state index in [4.69, 9.17) is 20.2 Å². The van der Waals surface area contributed by atoms with Gasteiger partial charge in [0.25, 0.3) is 0 Å². The third-order valence-corrected chi connectivity index (χ3v) is 9.97. The summed E-state index contributed by atoms with van der Waals surface area (Å²) in [6.07, 6.45) is 4.70. The van der Waals surface area contributed by atoms with Crippen LogP contribution in [0.25, 0.3) is 22.1 Å². The third-order valence-electron chi connectivity index (χ3n) is 9.97. The SMILES string of the molecule is C=C.CC(NCc1nc2ccc(Oc3ccc(F)cc3)cc2n1C1CCNCC1)C(N)=O.O=Cc1nc2ccc(Oc3ccc(F)cc3)cc2n1C1CCNCC1. The standard InChI is InChI=1S/C22H26FN5O2.C19H18FN3O2.C2H4/c1-14(22(24)29)26-13-21-27-19-7-6-18(30-17-4-2-15(23)3-5-17)12-20(19)28(21)16-8-10-25-11-9-16;20-13-1-3-15(4-2-13)25-16-5-6-17-18(11-16)23(19(12-24)22-17)14-7-9-21-10-8-14;1-2/h2-7,12,14,16,25-26H,8-11,13H2,1H3,(H2,24,29);1-6,11-12,14,21H,7-10H2;1-2H2. The Bertz CT molecular complexity index is 2260. The molecule has 0 radical (unpaired) electrons. The van der Waals surface area contributed by atoms with Gasteiger partial charge in [-0.3, -0.25) is 14.9 Å². The van der Waals surface area contributed by atoms with E-state index in [2.05, 4.69) is 38.7 Å². The lowest BCUT2D eigenvalue weighted by atomic mass is 10.1. The fraction of sp³-hybridized carbons (Fsp3) is 0.302. The molecule has 14 heteroatoms. The molecule has 2 aliphatic heterocycles. The van der Waals surface area contributed by atoms with Crippen LogP contribution in [-0.2, 0) is 11.3 Å². The predicted octanol–water partition coefficient (Wildman–Crippen LogP) is 7.36. The summed E-state index contributed by atoms with van der Waals surface area (Å²) in [4.78, 5) is 32.1. The largest absolute Gasteiger partial charge is 0.457 e. The Morgan fingerprint density at radius 2 is 1.21 bits per heavy atom. The highest BCUT2D eigenvalue weighted by Crippen LogP contribution is 2.33. The van der Waals surface area contributed by atoms with Gasteiger partial charge in [0.2, 0.25) is 5.91 Å². The van der Waals surface area contributed by atoms with Gasteiger partial charge in [-0.15, -0.1) is 13.2 Å². The second-order valence-electron chi connectivity index (χ2n) is 13.7. The number of imidazole rings is 2. The molecule has 2 aromatic heterocycles. The van der Waals surface area contributed by atoms with Crippen LogP contribution >= 0.6 is 0 Å². The molecule has 2 saturated heterocycles. The van der Waals surface area contributed by atoms with E-state index in [0.29, 0.717) is 41.4 Å². The van der Waals surface area contributed by atoms with Crippen molar-refractivity contribution in [3.63, 3.8) is 0 Å². The van der Waals surface area contributed by atoms with Gasteiger partial charge in [0.05, 0.1) is 34.7 Å². The number of halogens is 2. The lowest BCUT2D eigenvalue weighted by molar-refractivity contribution is -0.119. The zero-order valence-electron chi connectivity index (χ0n) is 31.9. The Morgan fingerprint density at radius 1 is 0.772 bits per heavy atom. The number of fused-ring (bicyclic) bond motifs is 2. The highest BCUT2D eigenvalue weighted by Gasteiger charge is 2.23. The van der Waals surface area contributed by atoms with Crippen LogP contribution in [0.15, 0.2) is 98.1 Å². The number of rotatable bonds is 11. The molecule has 57 heavy (non-hydrogen) atoms. The Balaban J connectivity index is 0.000000187. The van der Waals surface area contributed by atoms with Crippen molar-refractivity contribution in [2.45, 2.75) is 57.3 Å². The van der Waals surface area contributed by atoms with Gasteiger partial charge in [-0.2, -0.15) is 0 Å². The van der Waals surface area contributed by atoms with Crippen LogP contribution < -0.4 is 31.2 Å². The molecular weight excluding hydrogens is 731 g/mol. The monoisotopic (exact) mass is 778 g/mol. The van der Waals surface area contributed by atoms with Crippen LogP contribution in [0.1, 0.15) is 61.1 Å². The topological polar surface area (TPSA) is 150 Å². The number of ether oxygens (including phenoxy) is 2. The van der Waals surface area contributed by atoms with Crippen molar-refractivity contribution in [2.24, 2.45) is 5.73 Å². The molecule has 6 aromatic rings. The van der Waals surface area contributed by atoms with Gasteiger partial charge >= 0.3 is 0 Å². The van der Waals surface area contributed by atoms with E-state index < -0.39 is 11.9 Å². The first-order valence-electron chi connectivity index (χ1n) is 19.0. The first-order chi connectivity index (χ1) is 27.7. The highest BCUT2D eigenvalue weighted by atomic mass is 19.1. The van der Waals surface area contributed by atoms with Crippen LogP contribution in [0, 0.1) is 11.6 Å². The summed E-state index contributed by atoms with van der Waals surface area (Å²) in [5.74, 6) is 2.73. The number of aromatic nitrogens is 4. The minimum atomic E-state index is -0.441. The number of benzene rings is 4. The highest BCUT2D eigenvalue weighted by molar-refractivity contribution is 5.84. The van der Waals surface area contributed by atoms with E-state index in [0.717, 1.165) is 86.0 Å². The Morgan fingerprint density at radius 3 is 1.68 bits per heavy atom. The molecule has 5 N–H and O–H groups in total. The summed E-state index contributed by atoms with van der Waals surface area (Å²) in [5, 5.41) is 9.88. The number of nitrogens with two attached hydrogens (primary N) is 1. The van der Waals surface area contributed by atoms with E-state index in [9.17, 15) is 18.4 Å². The summed E-state index contributed by atoms with van der Waals surface area (Å²) in [7, 11) is 0. The van der Waals surface area contributed by atoms with Crippen LogP contribution in [0.4, 0.5) is 8.78 Å². The summed E-state index contributed by atoms with van der Waals surface area (Å²) in [6.45, 7) is 11.9. The normalized spacial score (nSPS) is 15.2. The van der Waals surface area contributed by atoms with Gasteiger partial charge < -0.3 is 35.0 Å². The second kappa shape index (κ2) is 19.3. The maximum atomic E-state index is 13.2. The zero-order chi connectivity index (χ0) is 40.3. The maximum absolute atomic E-state index is 13.2. The van der Waals surface area contributed by atoms with E-state index in [1.165, 1.54) is 24.3 Å². The van der Waals surface area contributed by atoms with E-state index in [-0.39, 0.29) is 17.7 Å². The lowest BCUT2D eigenvalue weighted by Gasteiger charge is -2.26. The van der Waals surface area contributed by atoms with Gasteiger partial charge in [0.1, 0.15) is 40.5 Å². The quantitative estimate of drug-likeness (QED) is 0.0782. The molecule has 8 rings (SSSR count). The Labute approximate surface area is 330 Å². The number of piperidine rings is 2. The average Bonchev–Trinajstić information content (AvgIpc) is 3.80. The molecule has 4 heterocycles. The van der Waals surface area contributed by atoms with Crippen molar-refractivity contribution in [1.82, 2.24) is 35.1 Å². The number of carbonyl (C=O) groups excluding carboxylic acids is 2. The fourth-order valence-electron chi connectivity index (χ4n) is 7.09. The number of nitrogens with one attached hydrogen (secondary N) is 3. The van der Waals surface area contributed by atoms with Crippen LogP contribution in [0.2, 0.25) is 0 Å². The first kappa shape index (κ1) is 40.7. The van der Waals surface area contributed by atoms with Crippen molar-refractivity contribution in [3.05, 3.63) is 121 Å². The molecule has 0 spiro atoms. The summed E-state index contributed by atoms with van der Waals surface area (Å²) in [6, 6.07) is 23.2.